The summed E-state index contributed by atoms with van der Waals surface area (Å²) in [5.74, 6) is -0.564. The highest BCUT2D eigenvalue weighted by Crippen LogP contribution is 2.35. The summed E-state index contributed by atoms with van der Waals surface area (Å²) >= 11 is 0. The van der Waals surface area contributed by atoms with E-state index in [9.17, 15) is 24.6 Å². The summed E-state index contributed by atoms with van der Waals surface area (Å²) in [5, 5.41) is 21.5. The van der Waals surface area contributed by atoms with Crippen LogP contribution in [-0.4, -0.2) is 92.6 Å². The maximum atomic E-state index is 13.7. The van der Waals surface area contributed by atoms with Crippen molar-refractivity contribution in [2.24, 2.45) is 5.92 Å². The molecule has 5 rings (SSSR count). The minimum absolute atomic E-state index is 0.00500. The zero-order valence-corrected chi connectivity index (χ0v) is 26.3. The van der Waals surface area contributed by atoms with Crippen LogP contribution in [0.1, 0.15) is 30.7 Å². The Morgan fingerprint density at radius 2 is 1.77 bits per heavy atom. The molecule has 12 heteroatoms. The lowest BCUT2D eigenvalue weighted by Gasteiger charge is -2.42. The molecule has 2 fully saturated rings. The zero-order valence-electron chi connectivity index (χ0n) is 25.3. The largest absolute Gasteiger partial charge is 0.465 e. The van der Waals surface area contributed by atoms with Crippen LogP contribution in [-0.2, 0) is 22.8 Å². The van der Waals surface area contributed by atoms with Crippen molar-refractivity contribution in [1.29, 1.82) is 0 Å². The number of nitrogens with zero attached hydrogens (tertiary/aromatic N) is 5. The molecule has 2 aliphatic rings. The summed E-state index contributed by atoms with van der Waals surface area (Å²) in [6, 6.07) is 12.4. The van der Waals surface area contributed by atoms with Crippen LogP contribution in [0.15, 0.2) is 53.7 Å². The van der Waals surface area contributed by atoms with E-state index >= 15 is 0 Å². The van der Waals surface area contributed by atoms with E-state index in [1.807, 2.05) is 34.9 Å². The third-order valence-corrected chi connectivity index (χ3v) is 10.6. The number of aromatic nitrogens is 3. The quantitative estimate of drug-likeness (QED) is 0.280. The standard InChI is InChI=1S/C31H43N5O6Si/c1-43(2,3)18-17-42-22-35-14-10-25-27(35)32-21-36(29(25)38)20-31(41)11-15-33(16-12-31)28(37)24-9-13-34(30(39)40)19-26(24)23-7-5-4-6-8-23/h4-8,10,14,21,24,26,41H,9,11-13,15-20,22H2,1-3H3,(H,39,40)/t24-,26+/m1/s1. The van der Waals surface area contributed by atoms with Gasteiger partial charge in [-0.3, -0.25) is 14.2 Å². The van der Waals surface area contributed by atoms with Crippen molar-refractivity contribution in [2.75, 3.05) is 32.8 Å². The molecular weight excluding hydrogens is 566 g/mol. The van der Waals surface area contributed by atoms with Crippen molar-refractivity contribution in [3.63, 3.8) is 0 Å². The maximum Gasteiger partial charge on any atom is 0.407 e. The van der Waals surface area contributed by atoms with Crippen LogP contribution in [0.3, 0.4) is 0 Å². The minimum Gasteiger partial charge on any atom is -0.465 e. The molecule has 2 N–H and O–H groups in total. The number of fused-ring (bicyclic) bond motifs is 1. The highest BCUT2D eigenvalue weighted by atomic mass is 28.3. The first-order valence-corrected chi connectivity index (χ1v) is 18.8. The van der Waals surface area contributed by atoms with Crippen molar-refractivity contribution >= 4 is 31.1 Å². The first-order chi connectivity index (χ1) is 20.4. The number of aliphatic hydroxyl groups is 1. The Morgan fingerprint density at radius 1 is 1.05 bits per heavy atom. The average molecular weight is 610 g/mol. The van der Waals surface area contributed by atoms with Crippen molar-refractivity contribution < 1.29 is 24.5 Å². The summed E-state index contributed by atoms with van der Waals surface area (Å²) in [5.41, 5.74) is 0.149. The highest BCUT2D eigenvalue weighted by Gasteiger charge is 2.41. The molecular formula is C31H43N5O6Si. The summed E-state index contributed by atoms with van der Waals surface area (Å²) < 4.78 is 9.13. The molecule has 0 bridgehead atoms. The van der Waals surface area contributed by atoms with E-state index in [1.165, 1.54) is 15.8 Å². The first-order valence-electron chi connectivity index (χ1n) is 15.1. The number of benzene rings is 1. The van der Waals surface area contributed by atoms with Gasteiger partial charge in [0.25, 0.3) is 5.56 Å². The molecule has 2 atom stereocenters. The molecule has 4 heterocycles. The zero-order chi connectivity index (χ0) is 30.8. The third-order valence-electron chi connectivity index (χ3n) is 8.87. The SMILES string of the molecule is C[Si](C)(C)CCOCn1ccc2c(=O)n(CC3(O)CCN(C(=O)[C@@H]4CCN(C(=O)O)C[C@H]4c4ccccc4)CC3)cnc21. The van der Waals surface area contributed by atoms with E-state index in [0.29, 0.717) is 63.3 Å². The Morgan fingerprint density at radius 3 is 2.44 bits per heavy atom. The predicted molar refractivity (Wildman–Crippen MR) is 166 cm³/mol. The molecule has 11 nitrogen and oxygen atoms in total. The second kappa shape index (κ2) is 12.6. The van der Waals surface area contributed by atoms with Crippen molar-refractivity contribution in [3.05, 3.63) is 64.8 Å². The molecule has 0 spiro atoms. The second-order valence-corrected chi connectivity index (χ2v) is 18.9. The topological polar surface area (TPSA) is 130 Å². The molecule has 3 aromatic rings. The molecule has 232 valence electrons. The van der Waals surface area contributed by atoms with Crippen LogP contribution >= 0.6 is 0 Å². The number of piperidine rings is 2. The van der Waals surface area contributed by atoms with Gasteiger partial charge in [0.15, 0.2) is 0 Å². The second-order valence-electron chi connectivity index (χ2n) is 13.2. The Balaban J connectivity index is 1.22. The van der Waals surface area contributed by atoms with Crippen molar-refractivity contribution in [3.8, 4) is 0 Å². The number of rotatable bonds is 9. The molecule has 2 amide bonds. The molecule has 2 aromatic heterocycles. The number of likely N-dealkylation sites (tertiary alicyclic amines) is 2. The fourth-order valence-corrected chi connectivity index (χ4v) is 6.93. The van der Waals surface area contributed by atoms with Crippen LogP contribution in [0.4, 0.5) is 4.79 Å². The monoisotopic (exact) mass is 609 g/mol. The summed E-state index contributed by atoms with van der Waals surface area (Å²) in [7, 11) is -1.19. The molecule has 1 aromatic carbocycles. The van der Waals surface area contributed by atoms with E-state index in [4.69, 9.17) is 4.74 Å². The van der Waals surface area contributed by atoms with Crippen LogP contribution < -0.4 is 5.56 Å². The van der Waals surface area contributed by atoms with Gasteiger partial charge in [0, 0.05) is 58.9 Å². The van der Waals surface area contributed by atoms with Gasteiger partial charge < -0.3 is 29.3 Å². The number of ether oxygens (including phenoxy) is 1. The molecule has 0 aliphatic carbocycles. The number of carbonyl (C=O) groups is 2. The number of carbonyl (C=O) groups excluding carboxylic acids is 1. The lowest BCUT2D eigenvalue weighted by Crippen LogP contribution is -2.53. The molecule has 2 aliphatic heterocycles. The highest BCUT2D eigenvalue weighted by molar-refractivity contribution is 6.76. The van der Waals surface area contributed by atoms with Gasteiger partial charge in [-0.1, -0.05) is 50.0 Å². The average Bonchev–Trinajstić information content (AvgIpc) is 3.40. The summed E-state index contributed by atoms with van der Waals surface area (Å²) in [6.07, 6.45) is 3.44. The summed E-state index contributed by atoms with van der Waals surface area (Å²) in [6.45, 7) is 9.33. The third kappa shape index (κ3) is 7.19. The molecule has 0 unspecified atom stereocenters. The van der Waals surface area contributed by atoms with Gasteiger partial charge in [0.05, 0.1) is 17.5 Å². The minimum atomic E-state index is -1.19. The Labute approximate surface area is 252 Å². The predicted octanol–water partition coefficient (Wildman–Crippen LogP) is 3.65. The Hall–Kier alpha value is -3.48. The van der Waals surface area contributed by atoms with E-state index < -0.39 is 19.8 Å². The smallest absolute Gasteiger partial charge is 0.407 e. The molecule has 43 heavy (non-hydrogen) atoms. The number of amides is 2. The number of hydrogen-bond acceptors (Lipinski definition) is 6. The van der Waals surface area contributed by atoms with Crippen LogP contribution in [0.25, 0.3) is 11.0 Å². The number of carboxylic acid groups (broad SMARTS) is 1. The van der Waals surface area contributed by atoms with Crippen molar-refractivity contribution in [2.45, 2.75) is 69.7 Å². The maximum absolute atomic E-state index is 13.7. The van der Waals surface area contributed by atoms with Gasteiger partial charge in [0.2, 0.25) is 5.91 Å². The van der Waals surface area contributed by atoms with Crippen LogP contribution in [0.5, 0.6) is 0 Å². The van der Waals surface area contributed by atoms with E-state index in [2.05, 4.69) is 24.6 Å². The van der Waals surface area contributed by atoms with Gasteiger partial charge in [-0.25, -0.2) is 9.78 Å². The van der Waals surface area contributed by atoms with E-state index in [0.717, 1.165) is 11.6 Å². The van der Waals surface area contributed by atoms with E-state index in [1.54, 1.807) is 17.2 Å². The fraction of sp³-hybridized carbons (Fsp3) is 0.548. The van der Waals surface area contributed by atoms with Gasteiger partial charge in [0.1, 0.15) is 18.7 Å². The van der Waals surface area contributed by atoms with Crippen LogP contribution in [0, 0.1) is 5.92 Å². The van der Waals surface area contributed by atoms with Crippen molar-refractivity contribution in [1.82, 2.24) is 23.9 Å². The van der Waals surface area contributed by atoms with E-state index in [-0.39, 0.29) is 36.4 Å². The van der Waals surface area contributed by atoms with Gasteiger partial charge >= 0.3 is 6.09 Å². The molecule has 0 radical (unpaired) electrons. The summed E-state index contributed by atoms with van der Waals surface area (Å²) in [4.78, 5) is 46.4. The Kier molecular flexibility index (Phi) is 9.09. The molecule has 2 saturated heterocycles. The first kappa shape index (κ1) is 31.0. The lowest BCUT2D eigenvalue weighted by atomic mass is 9.79. The van der Waals surface area contributed by atoms with Gasteiger partial charge in [-0.15, -0.1) is 0 Å². The van der Waals surface area contributed by atoms with Gasteiger partial charge in [-0.05, 0) is 36.9 Å². The molecule has 0 saturated carbocycles. The van der Waals surface area contributed by atoms with Crippen LogP contribution in [0.2, 0.25) is 25.7 Å². The number of hydrogen-bond donors (Lipinski definition) is 2. The Bertz CT molecular complexity index is 1490. The normalized spacial score (nSPS) is 20.8. The lowest BCUT2D eigenvalue weighted by molar-refractivity contribution is -0.142. The van der Waals surface area contributed by atoms with Gasteiger partial charge in [-0.2, -0.15) is 0 Å². The fourth-order valence-electron chi connectivity index (χ4n) is 6.18.